The molecule has 2 nitrogen and oxygen atoms in total. The molecule has 0 spiro atoms. The molecule has 0 amide bonds. The number of alkyl halides is 1. The van der Waals surface area contributed by atoms with Gasteiger partial charge in [-0.1, -0.05) is 35.6 Å². The Balaban J connectivity index is 2.00. The van der Waals surface area contributed by atoms with Gasteiger partial charge in [-0.3, -0.25) is 0 Å². The van der Waals surface area contributed by atoms with E-state index in [4.69, 9.17) is 11.6 Å². The van der Waals surface area contributed by atoms with Crippen LogP contribution in [-0.2, 0) is 12.8 Å². The predicted octanol–water partition coefficient (Wildman–Crippen LogP) is 3.93. The maximum Gasteiger partial charge on any atom is 0.135 e. The van der Waals surface area contributed by atoms with Crippen LogP contribution in [0.15, 0.2) is 24.3 Å². The van der Waals surface area contributed by atoms with Gasteiger partial charge in [0, 0.05) is 6.42 Å². The van der Waals surface area contributed by atoms with Gasteiger partial charge in [0.25, 0.3) is 0 Å². The van der Waals surface area contributed by atoms with E-state index in [0.29, 0.717) is 0 Å². The third kappa shape index (κ3) is 3.27. The van der Waals surface area contributed by atoms with Crippen LogP contribution in [-0.4, -0.2) is 10.2 Å². The lowest BCUT2D eigenvalue weighted by Gasteiger charge is -2.02. The molecule has 0 saturated heterocycles. The number of rotatable bonds is 4. The van der Waals surface area contributed by atoms with Crippen LogP contribution in [0, 0.1) is 6.92 Å². The molecule has 1 aromatic heterocycles. The lowest BCUT2D eigenvalue weighted by molar-refractivity contribution is 0.879. The molecule has 0 aliphatic rings. The average Bonchev–Trinajstić information content (AvgIpc) is 2.77. The molecule has 0 saturated carbocycles. The lowest BCUT2D eigenvalue weighted by Crippen LogP contribution is -1.93. The summed E-state index contributed by atoms with van der Waals surface area (Å²) < 4.78 is 0. The zero-order chi connectivity index (χ0) is 12.3. The van der Waals surface area contributed by atoms with Crippen molar-refractivity contribution in [3.8, 4) is 0 Å². The average molecular weight is 267 g/mol. The summed E-state index contributed by atoms with van der Waals surface area (Å²) in [6.07, 6.45) is 1.95. The Morgan fingerprint density at radius 2 is 2.00 bits per heavy atom. The summed E-state index contributed by atoms with van der Waals surface area (Å²) in [5.74, 6) is 0. The molecule has 1 atom stereocenters. The molecule has 0 fully saturated rings. The summed E-state index contributed by atoms with van der Waals surface area (Å²) in [4.78, 5) is 0. The quantitative estimate of drug-likeness (QED) is 0.784. The van der Waals surface area contributed by atoms with Crippen molar-refractivity contribution in [2.24, 2.45) is 0 Å². The Hall–Kier alpha value is -0.930. The van der Waals surface area contributed by atoms with E-state index in [1.807, 2.05) is 6.92 Å². The second-order valence-corrected chi connectivity index (χ2v) is 5.82. The third-order valence-corrected chi connectivity index (χ3v) is 4.19. The van der Waals surface area contributed by atoms with Gasteiger partial charge in [0.15, 0.2) is 0 Å². The minimum atomic E-state index is -0.0419. The Bertz CT molecular complexity index is 494. The number of hydrogen-bond donors (Lipinski definition) is 0. The van der Waals surface area contributed by atoms with E-state index in [0.717, 1.165) is 22.9 Å². The number of halogens is 1. The Labute approximate surface area is 111 Å². The number of hydrogen-bond acceptors (Lipinski definition) is 3. The maximum absolute atomic E-state index is 5.97. The minimum Gasteiger partial charge on any atom is -0.143 e. The van der Waals surface area contributed by atoms with Crippen LogP contribution in [0.3, 0.4) is 0 Å². The summed E-state index contributed by atoms with van der Waals surface area (Å²) in [5.41, 5.74) is 2.71. The molecule has 0 bridgehead atoms. The van der Waals surface area contributed by atoms with Crippen molar-refractivity contribution < 1.29 is 0 Å². The minimum absolute atomic E-state index is 0.0419. The van der Waals surface area contributed by atoms with Crippen LogP contribution in [0.2, 0.25) is 0 Å². The first-order chi connectivity index (χ1) is 8.16. The van der Waals surface area contributed by atoms with Crippen molar-refractivity contribution in [3.63, 3.8) is 0 Å². The topological polar surface area (TPSA) is 25.8 Å². The van der Waals surface area contributed by atoms with E-state index >= 15 is 0 Å². The normalized spacial score (nSPS) is 12.6. The van der Waals surface area contributed by atoms with Crippen molar-refractivity contribution in [3.05, 3.63) is 45.4 Å². The molecule has 0 radical (unpaired) electrons. The van der Waals surface area contributed by atoms with Gasteiger partial charge < -0.3 is 0 Å². The first-order valence-corrected chi connectivity index (χ1v) is 6.93. The maximum atomic E-state index is 5.97. The fourth-order valence-electron chi connectivity index (χ4n) is 1.66. The molecule has 0 aliphatic heterocycles. The molecular weight excluding hydrogens is 252 g/mol. The van der Waals surface area contributed by atoms with Crippen LogP contribution in [0.1, 0.15) is 33.4 Å². The van der Waals surface area contributed by atoms with Crippen LogP contribution in [0.5, 0.6) is 0 Å². The van der Waals surface area contributed by atoms with Crippen LogP contribution in [0.4, 0.5) is 0 Å². The molecular formula is C13H15ClN2S. The summed E-state index contributed by atoms with van der Waals surface area (Å²) in [6.45, 7) is 4.06. The summed E-state index contributed by atoms with van der Waals surface area (Å²) in [7, 11) is 0. The van der Waals surface area contributed by atoms with Gasteiger partial charge in [0.05, 0.1) is 5.38 Å². The van der Waals surface area contributed by atoms with E-state index in [-0.39, 0.29) is 5.38 Å². The second kappa shape index (κ2) is 5.61. The van der Waals surface area contributed by atoms with Gasteiger partial charge in [-0.25, -0.2) is 0 Å². The van der Waals surface area contributed by atoms with Gasteiger partial charge in [-0.15, -0.1) is 21.8 Å². The first-order valence-electron chi connectivity index (χ1n) is 5.67. The standard InChI is InChI=1S/C13H15ClN2S/c1-9-5-3-4-6-11(9)7-8-12-15-16-13(17-12)10(2)14/h3-6,10H,7-8H2,1-2H3. The molecule has 4 heteroatoms. The van der Waals surface area contributed by atoms with Crippen molar-refractivity contribution in [1.29, 1.82) is 0 Å². The van der Waals surface area contributed by atoms with E-state index in [1.165, 1.54) is 11.1 Å². The van der Waals surface area contributed by atoms with E-state index in [1.54, 1.807) is 11.3 Å². The van der Waals surface area contributed by atoms with Crippen molar-refractivity contribution >= 4 is 22.9 Å². The van der Waals surface area contributed by atoms with Gasteiger partial charge in [-0.2, -0.15) is 0 Å². The monoisotopic (exact) mass is 266 g/mol. The SMILES string of the molecule is Cc1ccccc1CCc1nnc(C(C)Cl)s1. The molecule has 1 unspecified atom stereocenters. The summed E-state index contributed by atoms with van der Waals surface area (Å²) in [6, 6.07) is 8.45. The summed E-state index contributed by atoms with van der Waals surface area (Å²) in [5, 5.41) is 10.2. The Kier molecular flexibility index (Phi) is 4.13. The molecule has 17 heavy (non-hydrogen) atoms. The smallest absolute Gasteiger partial charge is 0.135 e. The highest BCUT2D eigenvalue weighted by Gasteiger charge is 2.09. The first kappa shape index (κ1) is 12.5. The molecule has 1 aromatic carbocycles. The molecule has 0 aliphatic carbocycles. The van der Waals surface area contributed by atoms with Crippen LogP contribution in [0.25, 0.3) is 0 Å². The van der Waals surface area contributed by atoms with Gasteiger partial charge in [0.2, 0.25) is 0 Å². The van der Waals surface area contributed by atoms with E-state index in [9.17, 15) is 0 Å². The van der Waals surface area contributed by atoms with Crippen molar-refractivity contribution in [2.75, 3.05) is 0 Å². The highest BCUT2D eigenvalue weighted by atomic mass is 35.5. The van der Waals surface area contributed by atoms with Gasteiger partial charge in [-0.05, 0) is 31.4 Å². The van der Waals surface area contributed by atoms with Gasteiger partial charge >= 0.3 is 0 Å². The van der Waals surface area contributed by atoms with Gasteiger partial charge in [0.1, 0.15) is 10.0 Å². The zero-order valence-corrected chi connectivity index (χ0v) is 11.6. The molecule has 90 valence electrons. The fraction of sp³-hybridized carbons (Fsp3) is 0.385. The van der Waals surface area contributed by atoms with Crippen LogP contribution >= 0.6 is 22.9 Å². The predicted molar refractivity (Wildman–Crippen MR) is 72.8 cm³/mol. The third-order valence-electron chi connectivity index (χ3n) is 2.69. The second-order valence-electron chi connectivity index (χ2n) is 4.08. The largest absolute Gasteiger partial charge is 0.143 e. The number of nitrogens with zero attached hydrogens (tertiary/aromatic N) is 2. The Morgan fingerprint density at radius 3 is 2.65 bits per heavy atom. The molecule has 0 N–H and O–H groups in total. The fourth-order valence-corrected chi connectivity index (χ4v) is 2.61. The molecule has 1 heterocycles. The number of aryl methyl sites for hydroxylation is 3. The lowest BCUT2D eigenvalue weighted by atomic mass is 10.0. The van der Waals surface area contributed by atoms with E-state index in [2.05, 4.69) is 41.4 Å². The van der Waals surface area contributed by atoms with E-state index < -0.39 is 0 Å². The molecule has 2 aromatic rings. The summed E-state index contributed by atoms with van der Waals surface area (Å²) >= 11 is 7.58. The Morgan fingerprint density at radius 1 is 1.24 bits per heavy atom. The number of benzene rings is 1. The van der Waals surface area contributed by atoms with Crippen molar-refractivity contribution in [1.82, 2.24) is 10.2 Å². The zero-order valence-electron chi connectivity index (χ0n) is 9.98. The van der Waals surface area contributed by atoms with Crippen LogP contribution < -0.4 is 0 Å². The van der Waals surface area contributed by atoms with Crippen molar-refractivity contribution in [2.45, 2.75) is 32.1 Å². The highest BCUT2D eigenvalue weighted by Crippen LogP contribution is 2.23. The number of aromatic nitrogens is 2. The molecule has 2 rings (SSSR count). The highest BCUT2D eigenvalue weighted by molar-refractivity contribution is 7.11.